The molecule has 0 spiro atoms. The van der Waals surface area contributed by atoms with E-state index in [1.807, 2.05) is 18.2 Å². The van der Waals surface area contributed by atoms with E-state index >= 15 is 0 Å². The molecule has 0 aromatic heterocycles. The highest BCUT2D eigenvalue weighted by atomic mass is 16.3. The van der Waals surface area contributed by atoms with Crippen molar-refractivity contribution < 1.29 is 5.11 Å². The van der Waals surface area contributed by atoms with Gasteiger partial charge in [0.05, 0.1) is 11.9 Å². The van der Waals surface area contributed by atoms with Crippen LogP contribution in [0.25, 0.3) is 0 Å². The van der Waals surface area contributed by atoms with Gasteiger partial charge in [-0.25, -0.2) is 0 Å². The van der Waals surface area contributed by atoms with Crippen LogP contribution < -0.4 is 5.43 Å². The van der Waals surface area contributed by atoms with E-state index in [-0.39, 0.29) is 5.75 Å². The predicted octanol–water partition coefficient (Wildman–Crippen LogP) is 1.42. The van der Waals surface area contributed by atoms with Gasteiger partial charge in [-0.15, -0.1) is 0 Å². The minimum Gasteiger partial charge on any atom is -0.508 e. The molecule has 1 aromatic rings. The zero-order valence-electron chi connectivity index (χ0n) is 7.01. The Morgan fingerprint density at radius 1 is 1.15 bits per heavy atom. The zero-order chi connectivity index (χ0) is 9.10. The van der Waals surface area contributed by atoms with Crippen molar-refractivity contribution in [1.29, 1.82) is 0 Å². The van der Waals surface area contributed by atoms with Gasteiger partial charge in [0, 0.05) is 6.42 Å². The van der Waals surface area contributed by atoms with Crippen molar-refractivity contribution in [3.05, 3.63) is 41.6 Å². The largest absolute Gasteiger partial charge is 0.508 e. The fourth-order valence-corrected chi connectivity index (χ4v) is 1.18. The lowest BCUT2D eigenvalue weighted by atomic mass is 10.1. The van der Waals surface area contributed by atoms with Crippen LogP contribution in [0.1, 0.15) is 5.56 Å². The lowest BCUT2D eigenvalue weighted by Crippen LogP contribution is -1.96. The lowest BCUT2D eigenvalue weighted by Gasteiger charge is -2.00. The summed E-state index contributed by atoms with van der Waals surface area (Å²) in [6, 6.07) is 7.10. The minimum absolute atomic E-state index is 0.289. The van der Waals surface area contributed by atoms with Crippen molar-refractivity contribution in [2.24, 2.45) is 5.10 Å². The van der Waals surface area contributed by atoms with E-state index in [2.05, 4.69) is 10.5 Å². The van der Waals surface area contributed by atoms with Crippen LogP contribution in [-0.2, 0) is 6.42 Å². The monoisotopic (exact) mass is 173 g/mol. The standard InChI is InChI=1S/C10H9N2O/c13-10-3-1-8(2-4-10)7-9-5-6-11-12-9/h1-6,13H,7H2. The first-order valence-corrected chi connectivity index (χ1v) is 4.06. The van der Waals surface area contributed by atoms with Crippen LogP contribution in [0.3, 0.4) is 0 Å². The number of phenolic OH excluding ortho intramolecular Hbond substituents is 1. The van der Waals surface area contributed by atoms with Gasteiger partial charge < -0.3 is 5.11 Å². The molecule has 0 amide bonds. The number of nitrogens with zero attached hydrogens (tertiary/aromatic N) is 2. The molecular weight excluding hydrogens is 164 g/mol. The van der Waals surface area contributed by atoms with Gasteiger partial charge in [0.1, 0.15) is 5.75 Å². The fraction of sp³-hybridized carbons (Fsp3) is 0.100. The molecule has 1 aliphatic heterocycles. The highest BCUT2D eigenvalue weighted by molar-refractivity contribution is 5.74. The van der Waals surface area contributed by atoms with Gasteiger partial charge in [0.15, 0.2) is 0 Å². The summed E-state index contributed by atoms with van der Waals surface area (Å²) < 4.78 is 0. The number of hydrogen-bond acceptors (Lipinski definition) is 2. The van der Waals surface area contributed by atoms with Gasteiger partial charge in [0.2, 0.25) is 0 Å². The van der Waals surface area contributed by atoms with E-state index < -0.39 is 0 Å². The van der Waals surface area contributed by atoms with Crippen molar-refractivity contribution in [2.75, 3.05) is 0 Å². The topological polar surface area (TPSA) is 46.7 Å². The third kappa shape index (κ3) is 1.87. The molecule has 1 aliphatic rings. The number of rotatable bonds is 2. The van der Waals surface area contributed by atoms with Gasteiger partial charge in [-0.2, -0.15) is 10.5 Å². The van der Waals surface area contributed by atoms with Crippen LogP contribution >= 0.6 is 0 Å². The summed E-state index contributed by atoms with van der Waals surface area (Å²) in [5, 5.41) is 12.8. The molecule has 13 heavy (non-hydrogen) atoms. The molecule has 65 valence electrons. The zero-order valence-corrected chi connectivity index (χ0v) is 7.01. The molecule has 0 aliphatic carbocycles. The Morgan fingerprint density at radius 3 is 2.54 bits per heavy atom. The first-order chi connectivity index (χ1) is 6.34. The van der Waals surface area contributed by atoms with Gasteiger partial charge >= 0.3 is 0 Å². The van der Waals surface area contributed by atoms with E-state index in [1.165, 1.54) is 0 Å². The van der Waals surface area contributed by atoms with Crippen molar-refractivity contribution in [2.45, 2.75) is 6.42 Å². The van der Waals surface area contributed by atoms with Crippen LogP contribution in [-0.4, -0.2) is 11.3 Å². The summed E-state index contributed by atoms with van der Waals surface area (Å²) >= 11 is 0. The van der Waals surface area contributed by atoms with Crippen molar-refractivity contribution in [1.82, 2.24) is 5.43 Å². The summed E-state index contributed by atoms with van der Waals surface area (Å²) in [6.45, 7) is 0. The highest BCUT2D eigenvalue weighted by Gasteiger charge is 2.02. The molecule has 2 rings (SSSR count). The third-order valence-corrected chi connectivity index (χ3v) is 1.84. The Hall–Kier alpha value is -1.77. The van der Waals surface area contributed by atoms with E-state index in [9.17, 15) is 0 Å². The molecule has 0 fully saturated rings. The van der Waals surface area contributed by atoms with Crippen LogP contribution in [0, 0.1) is 0 Å². The maximum absolute atomic E-state index is 9.05. The minimum atomic E-state index is 0.289. The van der Waals surface area contributed by atoms with Crippen LogP contribution in [0.15, 0.2) is 41.1 Å². The Balaban J connectivity index is 2.06. The Bertz CT molecular complexity index is 352. The first kappa shape index (κ1) is 7.86. The number of benzene rings is 1. The average Bonchev–Trinajstić information content (AvgIpc) is 2.62. The average molecular weight is 173 g/mol. The first-order valence-electron chi connectivity index (χ1n) is 4.06. The molecule has 0 saturated carbocycles. The van der Waals surface area contributed by atoms with Gasteiger partial charge in [-0.3, -0.25) is 0 Å². The maximum Gasteiger partial charge on any atom is 0.115 e. The molecule has 1 radical (unpaired) electrons. The summed E-state index contributed by atoms with van der Waals surface area (Å²) in [6.07, 6.45) is 4.32. The summed E-state index contributed by atoms with van der Waals surface area (Å²) in [5.41, 5.74) is 5.99. The van der Waals surface area contributed by atoms with Crippen molar-refractivity contribution in [3.8, 4) is 5.75 Å². The SMILES string of the molecule is Oc1ccc(CC2=CC=N[N]2)cc1. The third-order valence-electron chi connectivity index (χ3n) is 1.84. The second-order valence-corrected chi connectivity index (χ2v) is 2.87. The highest BCUT2D eigenvalue weighted by Crippen LogP contribution is 2.13. The van der Waals surface area contributed by atoms with Gasteiger partial charge in [-0.1, -0.05) is 12.1 Å². The molecule has 3 heteroatoms. The Labute approximate surface area is 76.4 Å². The molecule has 1 N–H and O–H groups in total. The van der Waals surface area contributed by atoms with Gasteiger partial charge in [0.25, 0.3) is 0 Å². The quantitative estimate of drug-likeness (QED) is 0.722. The normalized spacial score (nSPS) is 14.0. The van der Waals surface area contributed by atoms with Crippen molar-refractivity contribution in [3.63, 3.8) is 0 Å². The fourth-order valence-electron chi connectivity index (χ4n) is 1.18. The molecule has 0 unspecified atom stereocenters. The van der Waals surface area contributed by atoms with E-state index in [1.54, 1.807) is 18.3 Å². The summed E-state index contributed by atoms with van der Waals surface area (Å²) in [4.78, 5) is 0. The lowest BCUT2D eigenvalue weighted by molar-refractivity contribution is 0.475. The predicted molar refractivity (Wildman–Crippen MR) is 50.5 cm³/mol. The number of phenols is 1. The van der Waals surface area contributed by atoms with Crippen molar-refractivity contribution >= 4 is 6.21 Å². The van der Waals surface area contributed by atoms with E-state index in [0.717, 1.165) is 17.7 Å². The molecule has 1 heterocycles. The molecule has 0 bridgehead atoms. The van der Waals surface area contributed by atoms with Crippen LogP contribution in [0.5, 0.6) is 5.75 Å². The van der Waals surface area contributed by atoms with Crippen LogP contribution in [0.2, 0.25) is 0 Å². The Kier molecular flexibility index (Phi) is 2.00. The smallest absolute Gasteiger partial charge is 0.115 e. The maximum atomic E-state index is 9.05. The van der Waals surface area contributed by atoms with E-state index in [4.69, 9.17) is 5.11 Å². The Morgan fingerprint density at radius 2 is 1.92 bits per heavy atom. The summed E-state index contributed by atoms with van der Waals surface area (Å²) in [5.74, 6) is 0.289. The molecule has 3 nitrogen and oxygen atoms in total. The summed E-state index contributed by atoms with van der Waals surface area (Å²) in [7, 11) is 0. The second kappa shape index (κ2) is 3.31. The number of allylic oxidation sites excluding steroid dienone is 2. The number of aromatic hydroxyl groups is 1. The molecule has 0 saturated heterocycles. The van der Waals surface area contributed by atoms with Crippen LogP contribution in [0.4, 0.5) is 0 Å². The van der Waals surface area contributed by atoms with E-state index in [0.29, 0.717) is 0 Å². The molecular formula is C10H9N2O. The number of hydrogen-bond donors (Lipinski definition) is 1. The molecule has 1 aromatic carbocycles. The molecule has 0 atom stereocenters. The van der Waals surface area contributed by atoms with Gasteiger partial charge in [-0.05, 0) is 23.8 Å². The second-order valence-electron chi connectivity index (χ2n) is 2.87.